The fraction of sp³-hybridized carbons (Fsp3) is 0.250. The van der Waals surface area contributed by atoms with E-state index in [9.17, 15) is 4.39 Å². The number of imidazole rings is 1. The third kappa shape index (κ3) is 2.42. The molecule has 0 radical (unpaired) electrons. The molecule has 0 aliphatic heterocycles. The van der Waals surface area contributed by atoms with Gasteiger partial charge in [0.1, 0.15) is 5.82 Å². The summed E-state index contributed by atoms with van der Waals surface area (Å²) in [4.78, 5) is 4.29. The van der Waals surface area contributed by atoms with Crippen LogP contribution in [0.4, 0.5) is 10.3 Å². The minimum absolute atomic E-state index is 0.367. The molecule has 90 valence electrons. The lowest BCUT2D eigenvalue weighted by molar-refractivity contribution is 0.618. The van der Waals surface area contributed by atoms with E-state index in [0.717, 1.165) is 12.2 Å². The molecule has 0 aliphatic rings. The molecule has 1 N–H and O–H groups in total. The summed E-state index contributed by atoms with van der Waals surface area (Å²) in [5.41, 5.74) is 1.27. The summed E-state index contributed by atoms with van der Waals surface area (Å²) in [5, 5.41) is 3.47. The summed E-state index contributed by atoms with van der Waals surface area (Å²) in [6.07, 6.45) is 1.78. The molecule has 0 amide bonds. The molecular weight excluding hydrogens is 241 g/mol. The Balaban J connectivity index is 2.51. The maximum atomic E-state index is 13.8. The molecule has 0 saturated carbocycles. The molecule has 0 saturated heterocycles. The molecule has 0 unspecified atom stereocenters. The Hall–Kier alpha value is -1.55. The number of nitrogens with zero attached hydrogens (tertiary/aromatic N) is 2. The van der Waals surface area contributed by atoms with Crippen molar-refractivity contribution in [1.29, 1.82) is 0 Å². The van der Waals surface area contributed by atoms with Crippen LogP contribution in [0.15, 0.2) is 24.4 Å². The molecule has 2 aromatic rings. The molecule has 17 heavy (non-hydrogen) atoms. The lowest BCUT2D eigenvalue weighted by Gasteiger charge is -2.09. The summed E-state index contributed by atoms with van der Waals surface area (Å²) in [6, 6.07) is 4.59. The van der Waals surface area contributed by atoms with Crippen molar-refractivity contribution in [3.05, 3.63) is 40.9 Å². The van der Waals surface area contributed by atoms with Crippen LogP contribution >= 0.6 is 11.6 Å². The van der Waals surface area contributed by atoms with Crippen LogP contribution in [0, 0.1) is 12.7 Å². The van der Waals surface area contributed by atoms with E-state index in [1.807, 2.05) is 13.8 Å². The molecule has 1 heterocycles. The first kappa shape index (κ1) is 11.9. The van der Waals surface area contributed by atoms with Crippen molar-refractivity contribution in [2.45, 2.75) is 13.8 Å². The summed E-state index contributed by atoms with van der Waals surface area (Å²) in [7, 11) is 0. The van der Waals surface area contributed by atoms with Gasteiger partial charge in [-0.25, -0.2) is 9.37 Å². The predicted octanol–water partition coefficient (Wildman–Crippen LogP) is 3.41. The van der Waals surface area contributed by atoms with E-state index < -0.39 is 0 Å². The number of anilines is 1. The van der Waals surface area contributed by atoms with Crippen molar-refractivity contribution in [3.8, 4) is 5.69 Å². The molecule has 0 atom stereocenters. The molecule has 0 bridgehead atoms. The highest BCUT2D eigenvalue weighted by Gasteiger charge is 2.10. The van der Waals surface area contributed by atoms with Crippen LogP contribution in [0.5, 0.6) is 0 Å². The van der Waals surface area contributed by atoms with Gasteiger partial charge in [-0.2, -0.15) is 0 Å². The third-order valence-electron chi connectivity index (χ3n) is 2.33. The average Bonchev–Trinajstić information content (AvgIpc) is 2.60. The standard InChI is InChI=1S/C12H13ClFN3/c1-3-15-12-16-8(2)7-17(12)11-5-4-9(13)6-10(11)14/h4-7H,3H2,1-2H3,(H,15,16). The van der Waals surface area contributed by atoms with E-state index >= 15 is 0 Å². The minimum Gasteiger partial charge on any atom is -0.356 e. The van der Waals surface area contributed by atoms with Crippen molar-refractivity contribution < 1.29 is 4.39 Å². The minimum atomic E-state index is -0.367. The van der Waals surface area contributed by atoms with Gasteiger partial charge in [-0.15, -0.1) is 0 Å². The molecule has 0 aliphatic carbocycles. The van der Waals surface area contributed by atoms with E-state index in [-0.39, 0.29) is 5.82 Å². The number of halogens is 2. The molecule has 0 spiro atoms. The van der Waals surface area contributed by atoms with Gasteiger partial charge in [0.2, 0.25) is 5.95 Å². The first-order chi connectivity index (χ1) is 8.11. The number of rotatable bonds is 3. The molecule has 2 rings (SSSR count). The number of aromatic nitrogens is 2. The summed E-state index contributed by atoms with van der Waals surface area (Å²) in [6.45, 7) is 4.56. The Labute approximate surface area is 104 Å². The van der Waals surface area contributed by atoms with Crippen LogP contribution in [0.25, 0.3) is 5.69 Å². The zero-order valence-electron chi connectivity index (χ0n) is 9.67. The van der Waals surface area contributed by atoms with Crippen molar-refractivity contribution in [2.75, 3.05) is 11.9 Å². The van der Waals surface area contributed by atoms with Crippen molar-refractivity contribution in [2.24, 2.45) is 0 Å². The first-order valence-corrected chi connectivity index (χ1v) is 5.75. The van der Waals surface area contributed by atoms with Gasteiger partial charge in [-0.3, -0.25) is 4.57 Å². The third-order valence-corrected chi connectivity index (χ3v) is 2.57. The lowest BCUT2D eigenvalue weighted by atomic mass is 10.3. The van der Waals surface area contributed by atoms with Crippen LogP contribution in [0.1, 0.15) is 12.6 Å². The van der Waals surface area contributed by atoms with Gasteiger partial charge in [0.15, 0.2) is 0 Å². The van der Waals surface area contributed by atoms with Crippen molar-refractivity contribution >= 4 is 17.5 Å². The van der Waals surface area contributed by atoms with Crippen LogP contribution in [0.2, 0.25) is 5.02 Å². The maximum absolute atomic E-state index is 13.8. The Bertz CT molecular complexity index is 537. The van der Waals surface area contributed by atoms with Crippen LogP contribution in [-0.2, 0) is 0 Å². The highest BCUT2D eigenvalue weighted by molar-refractivity contribution is 6.30. The van der Waals surface area contributed by atoms with Crippen molar-refractivity contribution in [3.63, 3.8) is 0 Å². The maximum Gasteiger partial charge on any atom is 0.207 e. The highest BCUT2D eigenvalue weighted by atomic mass is 35.5. The molecule has 0 fully saturated rings. The van der Waals surface area contributed by atoms with E-state index in [0.29, 0.717) is 16.7 Å². The number of nitrogens with one attached hydrogen (secondary N) is 1. The molecule has 3 nitrogen and oxygen atoms in total. The van der Waals surface area contributed by atoms with E-state index in [2.05, 4.69) is 10.3 Å². The number of hydrogen-bond donors (Lipinski definition) is 1. The first-order valence-electron chi connectivity index (χ1n) is 5.37. The second kappa shape index (κ2) is 4.75. The Morgan fingerprint density at radius 3 is 2.88 bits per heavy atom. The van der Waals surface area contributed by atoms with Gasteiger partial charge in [-0.1, -0.05) is 11.6 Å². The number of aryl methyl sites for hydroxylation is 1. The van der Waals surface area contributed by atoms with Gasteiger partial charge in [0.25, 0.3) is 0 Å². The molecule has 1 aromatic carbocycles. The van der Waals surface area contributed by atoms with Gasteiger partial charge in [-0.05, 0) is 32.0 Å². The monoisotopic (exact) mass is 253 g/mol. The summed E-state index contributed by atoms with van der Waals surface area (Å²) < 4.78 is 15.5. The quantitative estimate of drug-likeness (QED) is 0.909. The number of benzene rings is 1. The highest BCUT2D eigenvalue weighted by Crippen LogP contribution is 2.22. The van der Waals surface area contributed by atoms with Gasteiger partial charge < -0.3 is 5.32 Å². The second-order valence-electron chi connectivity index (χ2n) is 3.70. The van der Waals surface area contributed by atoms with Gasteiger partial charge in [0.05, 0.1) is 11.4 Å². The average molecular weight is 254 g/mol. The van der Waals surface area contributed by atoms with Crippen LogP contribution < -0.4 is 5.32 Å². The normalized spacial score (nSPS) is 10.6. The van der Waals surface area contributed by atoms with Crippen LogP contribution in [-0.4, -0.2) is 16.1 Å². The van der Waals surface area contributed by atoms with Gasteiger partial charge >= 0.3 is 0 Å². The van der Waals surface area contributed by atoms with Crippen LogP contribution in [0.3, 0.4) is 0 Å². The SMILES string of the molecule is CCNc1nc(C)cn1-c1ccc(Cl)cc1F. The van der Waals surface area contributed by atoms with E-state index in [1.165, 1.54) is 6.07 Å². The second-order valence-corrected chi connectivity index (χ2v) is 4.14. The molecule has 1 aromatic heterocycles. The topological polar surface area (TPSA) is 29.9 Å². The fourth-order valence-electron chi connectivity index (χ4n) is 1.64. The Morgan fingerprint density at radius 2 is 2.24 bits per heavy atom. The fourth-order valence-corrected chi connectivity index (χ4v) is 1.80. The Kier molecular flexibility index (Phi) is 3.33. The molecular formula is C12H13ClFN3. The van der Waals surface area contributed by atoms with E-state index in [4.69, 9.17) is 11.6 Å². The smallest absolute Gasteiger partial charge is 0.207 e. The van der Waals surface area contributed by atoms with Gasteiger partial charge in [0, 0.05) is 17.8 Å². The summed E-state index contributed by atoms with van der Waals surface area (Å²) in [5.74, 6) is 0.264. The molecule has 5 heteroatoms. The summed E-state index contributed by atoms with van der Waals surface area (Å²) >= 11 is 5.73. The largest absolute Gasteiger partial charge is 0.356 e. The number of hydrogen-bond acceptors (Lipinski definition) is 2. The zero-order chi connectivity index (χ0) is 12.4. The van der Waals surface area contributed by atoms with Crippen molar-refractivity contribution in [1.82, 2.24) is 9.55 Å². The zero-order valence-corrected chi connectivity index (χ0v) is 10.4. The predicted molar refractivity (Wildman–Crippen MR) is 67.4 cm³/mol. The van der Waals surface area contributed by atoms with E-state index in [1.54, 1.807) is 22.9 Å². The Morgan fingerprint density at radius 1 is 1.47 bits per heavy atom. The lowest BCUT2D eigenvalue weighted by Crippen LogP contribution is -2.06.